The lowest BCUT2D eigenvalue weighted by molar-refractivity contribution is 0.0274. The summed E-state index contributed by atoms with van der Waals surface area (Å²) in [6.45, 7) is 6.23. The number of nitrogens with one attached hydrogen (secondary N) is 1. The average Bonchev–Trinajstić information content (AvgIpc) is 2.83. The molecule has 2 aliphatic carbocycles. The van der Waals surface area contributed by atoms with E-state index in [0.717, 1.165) is 11.8 Å². The molecule has 4 unspecified atom stereocenters. The Bertz CT molecular complexity index is 242. The molecule has 3 fully saturated rings. The minimum absolute atomic E-state index is 0.617. The third-order valence-corrected chi connectivity index (χ3v) is 5.16. The first-order valence-electron chi connectivity index (χ1n) is 6.40. The average molecular weight is 193 g/mol. The molecular formula is C13H23N. The molecule has 0 amide bonds. The van der Waals surface area contributed by atoms with Gasteiger partial charge in [0.25, 0.3) is 0 Å². The minimum atomic E-state index is 0.617. The van der Waals surface area contributed by atoms with E-state index in [9.17, 15) is 0 Å². The molecule has 1 N–H and O–H groups in total. The van der Waals surface area contributed by atoms with E-state index >= 15 is 0 Å². The van der Waals surface area contributed by atoms with Crippen LogP contribution in [0.25, 0.3) is 0 Å². The molecule has 1 aliphatic heterocycles. The zero-order valence-electron chi connectivity index (χ0n) is 9.60. The van der Waals surface area contributed by atoms with Crippen LogP contribution in [0.5, 0.6) is 0 Å². The molecule has 1 nitrogen and oxygen atoms in total. The predicted octanol–water partition coefficient (Wildman–Crippen LogP) is 2.95. The maximum absolute atomic E-state index is 3.65. The Morgan fingerprint density at radius 1 is 1.36 bits per heavy atom. The molecule has 3 rings (SSSR count). The van der Waals surface area contributed by atoms with Gasteiger partial charge in [0.2, 0.25) is 0 Å². The van der Waals surface area contributed by atoms with Crippen LogP contribution >= 0.6 is 0 Å². The summed E-state index contributed by atoms with van der Waals surface area (Å²) in [4.78, 5) is 0. The van der Waals surface area contributed by atoms with Crippen LogP contribution in [0, 0.1) is 17.3 Å². The molecule has 1 spiro atoms. The maximum Gasteiger partial charge on any atom is 0.0315 e. The minimum Gasteiger partial charge on any atom is -0.308 e. The summed E-state index contributed by atoms with van der Waals surface area (Å²) < 4.78 is 0. The normalized spacial score (nSPS) is 56.1. The Balaban J connectivity index is 1.82. The van der Waals surface area contributed by atoms with Gasteiger partial charge < -0.3 is 5.32 Å². The second-order valence-corrected chi connectivity index (χ2v) is 6.50. The van der Waals surface area contributed by atoms with E-state index in [1.165, 1.54) is 45.1 Å². The van der Waals surface area contributed by atoms with Crippen LogP contribution in [0.2, 0.25) is 0 Å². The van der Waals surface area contributed by atoms with Crippen molar-refractivity contribution in [2.24, 2.45) is 17.3 Å². The Morgan fingerprint density at radius 3 is 2.79 bits per heavy atom. The molecule has 14 heavy (non-hydrogen) atoms. The SMILES string of the molecule is CCC1CCC2(C)CC1CC1(CN1)C2. The summed E-state index contributed by atoms with van der Waals surface area (Å²) in [5.41, 5.74) is 1.31. The van der Waals surface area contributed by atoms with Crippen molar-refractivity contribution in [2.45, 2.75) is 57.9 Å². The van der Waals surface area contributed by atoms with Crippen molar-refractivity contribution in [3.05, 3.63) is 0 Å². The Kier molecular flexibility index (Phi) is 1.81. The molecule has 1 heterocycles. The summed E-state index contributed by atoms with van der Waals surface area (Å²) in [5.74, 6) is 2.09. The molecule has 1 heteroatoms. The smallest absolute Gasteiger partial charge is 0.0315 e. The summed E-state index contributed by atoms with van der Waals surface area (Å²) in [7, 11) is 0. The molecule has 2 saturated carbocycles. The fraction of sp³-hybridized carbons (Fsp3) is 1.00. The first-order valence-corrected chi connectivity index (χ1v) is 6.40. The zero-order valence-corrected chi connectivity index (χ0v) is 9.60. The van der Waals surface area contributed by atoms with Gasteiger partial charge in [-0.3, -0.25) is 0 Å². The maximum atomic E-state index is 3.65. The highest BCUT2D eigenvalue weighted by molar-refractivity contribution is 5.13. The lowest BCUT2D eigenvalue weighted by atomic mass is 9.56. The predicted molar refractivity (Wildman–Crippen MR) is 59.2 cm³/mol. The third kappa shape index (κ3) is 1.32. The van der Waals surface area contributed by atoms with Gasteiger partial charge in [-0.1, -0.05) is 20.3 Å². The fourth-order valence-electron chi connectivity index (χ4n) is 4.39. The van der Waals surface area contributed by atoms with Crippen LogP contribution < -0.4 is 5.32 Å². The van der Waals surface area contributed by atoms with Crippen LogP contribution in [0.1, 0.15) is 52.4 Å². The molecule has 0 aromatic rings. The number of fused-ring (bicyclic) bond motifs is 2. The quantitative estimate of drug-likeness (QED) is 0.635. The summed E-state index contributed by atoms with van der Waals surface area (Å²) in [6.07, 6.45) is 8.89. The van der Waals surface area contributed by atoms with Crippen LogP contribution in [0.4, 0.5) is 0 Å². The van der Waals surface area contributed by atoms with Crippen LogP contribution in [-0.2, 0) is 0 Å². The van der Waals surface area contributed by atoms with Crippen LogP contribution in [-0.4, -0.2) is 12.1 Å². The molecule has 0 aromatic heterocycles. The Morgan fingerprint density at radius 2 is 2.14 bits per heavy atom. The van der Waals surface area contributed by atoms with Gasteiger partial charge in [0.15, 0.2) is 0 Å². The van der Waals surface area contributed by atoms with E-state index in [1.807, 2.05) is 0 Å². The van der Waals surface area contributed by atoms with Gasteiger partial charge >= 0.3 is 0 Å². The summed E-state index contributed by atoms with van der Waals surface area (Å²) >= 11 is 0. The second-order valence-electron chi connectivity index (χ2n) is 6.50. The van der Waals surface area contributed by atoms with Crippen molar-refractivity contribution in [1.82, 2.24) is 5.32 Å². The topological polar surface area (TPSA) is 21.9 Å². The Labute approximate surface area is 87.7 Å². The molecule has 1 saturated heterocycles. The largest absolute Gasteiger partial charge is 0.308 e. The molecule has 80 valence electrons. The lowest BCUT2D eigenvalue weighted by Crippen LogP contribution is -2.43. The van der Waals surface area contributed by atoms with Gasteiger partial charge in [-0.2, -0.15) is 0 Å². The summed E-state index contributed by atoms with van der Waals surface area (Å²) in [5, 5.41) is 3.65. The van der Waals surface area contributed by atoms with Crippen molar-refractivity contribution in [2.75, 3.05) is 6.54 Å². The number of hydrogen-bond acceptors (Lipinski definition) is 1. The van der Waals surface area contributed by atoms with Gasteiger partial charge in [-0.15, -0.1) is 0 Å². The van der Waals surface area contributed by atoms with E-state index in [1.54, 1.807) is 0 Å². The highest BCUT2D eigenvalue weighted by Crippen LogP contribution is 2.56. The highest BCUT2D eigenvalue weighted by Gasteiger charge is 2.55. The van der Waals surface area contributed by atoms with Gasteiger partial charge in [0.05, 0.1) is 0 Å². The van der Waals surface area contributed by atoms with Crippen molar-refractivity contribution in [3.63, 3.8) is 0 Å². The lowest BCUT2D eigenvalue weighted by Gasteiger charge is -2.50. The second kappa shape index (κ2) is 2.75. The highest BCUT2D eigenvalue weighted by atomic mass is 15.2. The molecule has 0 aromatic carbocycles. The van der Waals surface area contributed by atoms with E-state index in [0.29, 0.717) is 11.0 Å². The first kappa shape index (κ1) is 9.21. The van der Waals surface area contributed by atoms with Crippen molar-refractivity contribution in [1.29, 1.82) is 0 Å². The summed E-state index contributed by atoms with van der Waals surface area (Å²) in [6, 6.07) is 0. The van der Waals surface area contributed by atoms with Gasteiger partial charge in [0.1, 0.15) is 0 Å². The van der Waals surface area contributed by atoms with Gasteiger partial charge in [-0.05, 0) is 49.4 Å². The fourth-order valence-corrected chi connectivity index (χ4v) is 4.39. The zero-order chi connectivity index (χ0) is 9.81. The molecule has 2 bridgehead atoms. The monoisotopic (exact) mass is 193 g/mol. The van der Waals surface area contributed by atoms with E-state index in [4.69, 9.17) is 0 Å². The third-order valence-electron chi connectivity index (χ3n) is 5.16. The molecule has 4 atom stereocenters. The molecule has 3 aliphatic rings. The van der Waals surface area contributed by atoms with E-state index in [-0.39, 0.29) is 0 Å². The van der Waals surface area contributed by atoms with Gasteiger partial charge in [-0.25, -0.2) is 0 Å². The standard InChI is InChI=1S/C13H23N/c1-3-10-4-5-12(2)6-11(10)7-13(8-12)9-14-13/h10-11,14H,3-9H2,1-2H3. The number of rotatable bonds is 1. The van der Waals surface area contributed by atoms with Crippen LogP contribution in [0.3, 0.4) is 0 Å². The first-order chi connectivity index (χ1) is 6.65. The van der Waals surface area contributed by atoms with Gasteiger partial charge in [0, 0.05) is 12.1 Å². The van der Waals surface area contributed by atoms with Crippen molar-refractivity contribution in [3.8, 4) is 0 Å². The Hall–Kier alpha value is -0.0400. The number of hydrogen-bond donors (Lipinski definition) is 1. The van der Waals surface area contributed by atoms with E-state index < -0.39 is 0 Å². The van der Waals surface area contributed by atoms with E-state index in [2.05, 4.69) is 19.2 Å². The molecule has 0 radical (unpaired) electrons. The van der Waals surface area contributed by atoms with Crippen molar-refractivity contribution >= 4 is 0 Å². The molecular weight excluding hydrogens is 170 g/mol. The van der Waals surface area contributed by atoms with Crippen molar-refractivity contribution < 1.29 is 0 Å². The van der Waals surface area contributed by atoms with Crippen LogP contribution in [0.15, 0.2) is 0 Å².